The van der Waals surface area contributed by atoms with E-state index in [4.69, 9.17) is 0 Å². The summed E-state index contributed by atoms with van der Waals surface area (Å²) in [6.07, 6.45) is 0.407. The second-order valence-corrected chi connectivity index (χ2v) is 8.48. The standard InChI is InChI=1S/C23H28BrN3O2/c1-26-13-15-27(16-14-26)17-21(18-5-3-2-4-6-18)25-23(29)12-11-22(28)19-7-9-20(24)10-8-19/h2-10,21H,11-17H2,1H3,(H,25,29). The Morgan fingerprint density at radius 1 is 0.966 bits per heavy atom. The molecule has 1 atom stereocenters. The topological polar surface area (TPSA) is 52.6 Å². The van der Waals surface area contributed by atoms with E-state index in [1.807, 2.05) is 42.5 Å². The second kappa shape index (κ2) is 10.7. The normalized spacial score (nSPS) is 16.3. The highest BCUT2D eigenvalue weighted by Gasteiger charge is 2.21. The van der Waals surface area contributed by atoms with Gasteiger partial charge in [0.15, 0.2) is 5.78 Å². The lowest BCUT2D eigenvalue weighted by atomic mass is 10.0. The van der Waals surface area contributed by atoms with E-state index in [0.29, 0.717) is 5.56 Å². The number of rotatable bonds is 8. The maximum Gasteiger partial charge on any atom is 0.220 e. The van der Waals surface area contributed by atoms with E-state index in [0.717, 1.165) is 42.8 Å². The highest BCUT2D eigenvalue weighted by atomic mass is 79.9. The lowest BCUT2D eigenvalue weighted by molar-refractivity contribution is -0.122. The van der Waals surface area contributed by atoms with Gasteiger partial charge in [0, 0.05) is 55.6 Å². The van der Waals surface area contributed by atoms with Crippen LogP contribution in [0.4, 0.5) is 0 Å². The first-order chi connectivity index (χ1) is 14.0. The summed E-state index contributed by atoms with van der Waals surface area (Å²) in [6, 6.07) is 17.2. The van der Waals surface area contributed by atoms with Crippen LogP contribution in [-0.4, -0.2) is 61.3 Å². The fourth-order valence-corrected chi connectivity index (χ4v) is 3.75. The Balaban J connectivity index is 1.57. The van der Waals surface area contributed by atoms with Crippen LogP contribution in [0.2, 0.25) is 0 Å². The molecule has 0 saturated carbocycles. The van der Waals surface area contributed by atoms with Crippen LogP contribution in [0.25, 0.3) is 0 Å². The molecule has 1 fully saturated rings. The van der Waals surface area contributed by atoms with E-state index in [1.54, 1.807) is 12.1 Å². The van der Waals surface area contributed by atoms with Crippen LogP contribution in [0.15, 0.2) is 59.1 Å². The zero-order chi connectivity index (χ0) is 20.6. The molecule has 0 radical (unpaired) electrons. The van der Waals surface area contributed by atoms with E-state index in [-0.39, 0.29) is 30.6 Å². The van der Waals surface area contributed by atoms with Gasteiger partial charge in [-0.25, -0.2) is 0 Å². The third-order valence-electron chi connectivity index (χ3n) is 5.32. The van der Waals surface area contributed by atoms with Crippen LogP contribution in [0.5, 0.6) is 0 Å². The monoisotopic (exact) mass is 457 g/mol. The van der Waals surface area contributed by atoms with Crippen molar-refractivity contribution in [2.24, 2.45) is 0 Å². The number of nitrogens with zero attached hydrogens (tertiary/aromatic N) is 2. The number of ketones is 1. The van der Waals surface area contributed by atoms with Crippen LogP contribution >= 0.6 is 15.9 Å². The fourth-order valence-electron chi connectivity index (χ4n) is 3.48. The molecule has 2 aromatic carbocycles. The van der Waals surface area contributed by atoms with Gasteiger partial charge in [-0.05, 0) is 24.7 Å². The number of amides is 1. The van der Waals surface area contributed by atoms with E-state index >= 15 is 0 Å². The average Bonchev–Trinajstić information content (AvgIpc) is 2.74. The number of hydrogen-bond donors (Lipinski definition) is 1. The first kappa shape index (κ1) is 21.7. The van der Waals surface area contributed by atoms with E-state index in [1.165, 1.54) is 0 Å². The Kier molecular flexibility index (Phi) is 7.98. The maximum atomic E-state index is 12.6. The molecule has 0 aromatic heterocycles. The SMILES string of the molecule is CN1CCN(CC(NC(=O)CCC(=O)c2ccc(Br)cc2)c2ccccc2)CC1. The highest BCUT2D eigenvalue weighted by molar-refractivity contribution is 9.10. The van der Waals surface area contributed by atoms with E-state index in [9.17, 15) is 9.59 Å². The van der Waals surface area contributed by atoms with Crippen molar-refractivity contribution in [3.8, 4) is 0 Å². The van der Waals surface area contributed by atoms with Crippen LogP contribution in [0.3, 0.4) is 0 Å². The highest BCUT2D eigenvalue weighted by Crippen LogP contribution is 2.17. The summed E-state index contributed by atoms with van der Waals surface area (Å²) in [5, 5.41) is 3.15. The van der Waals surface area contributed by atoms with Gasteiger partial charge in [-0.3, -0.25) is 14.5 Å². The van der Waals surface area contributed by atoms with Crippen LogP contribution in [0.1, 0.15) is 34.8 Å². The number of carbonyl (C=O) groups excluding carboxylic acids is 2. The summed E-state index contributed by atoms with van der Waals surface area (Å²) >= 11 is 3.37. The number of nitrogens with one attached hydrogen (secondary N) is 1. The number of piperazine rings is 1. The molecule has 29 heavy (non-hydrogen) atoms. The van der Waals surface area contributed by atoms with Crippen molar-refractivity contribution in [1.82, 2.24) is 15.1 Å². The molecule has 1 amide bonds. The Labute approximate surface area is 181 Å². The smallest absolute Gasteiger partial charge is 0.220 e. The minimum atomic E-state index is -0.0848. The minimum Gasteiger partial charge on any atom is -0.348 e. The Bertz CT molecular complexity index is 803. The van der Waals surface area contributed by atoms with Gasteiger partial charge in [0.2, 0.25) is 5.91 Å². The molecule has 2 aromatic rings. The zero-order valence-corrected chi connectivity index (χ0v) is 18.4. The molecule has 1 aliphatic rings. The second-order valence-electron chi connectivity index (χ2n) is 7.56. The van der Waals surface area contributed by atoms with Crippen LogP contribution in [0, 0.1) is 0 Å². The number of hydrogen-bond acceptors (Lipinski definition) is 4. The van der Waals surface area contributed by atoms with Gasteiger partial charge < -0.3 is 10.2 Å². The van der Waals surface area contributed by atoms with Crippen molar-refractivity contribution in [2.75, 3.05) is 39.8 Å². The fraction of sp³-hybridized carbons (Fsp3) is 0.391. The van der Waals surface area contributed by atoms with Crippen molar-refractivity contribution in [2.45, 2.75) is 18.9 Å². The van der Waals surface area contributed by atoms with Gasteiger partial charge in [0.1, 0.15) is 0 Å². The lowest BCUT2D eigenvalue weighted by Crippen LogP contribution is -2.47. The van der Waals surface area contributed by atoms with Crippen LogP contribution < -0.4 is 5.32 Å². The quantitative estimate of drug-likeness (QED) is 0.616. The predicted octanol–water partition coefficient (Wildman–Crippen LogP) is 3.52. The largest absolute Gasteiger partial charge is 0.348 e. The molecule has 0 bridgehead atoms. The van der Waals surface area contributed by atoms with Gasteiger partial charge in [0.25, 0.3) is 0 Å². The molecule has 0 aliphatic carbocycles. The number of halogens is 1. The first-order valence-corrected chi connectivity index (χ1v) is 10.8. The van der Waals surface area contributed by atoms with Gasteiger partial charge in [-0.15, -0.1) is 0 Å². The zero-order valence-electron chi connectivity index (χ0n) is 16.8. The van der Waals surface area contributed by atoms with Gasteiger partial charge in [0.05, 0.1) is 6.04 Å². The summed E-state index contributed by atoms with van der Waals surface area (Å²) in [7, 11) is 2.14. The van der Waals surface area contributed by atoms with Crippen molar-refractivity contribution in [3.05, 3.63) is 70.2 Å². The lowest BCUT2D eigenvalue weighted by Gasteiger charge is -2.35. The van der Waals surface area contributed by atoms with Crippen LogP contribution in [-0.2, 0) is 4.79 Å². The van der Waals surface area contributed by atoms with Crippen molar-refractivity contribution in [3.63, 3.8) is 0 Å². The molecule has 3 rings (SSSR count). The molecule has 1 unspecified atom stereocenters. The maximum absolute atomic E-state index is 12.6. The third kappa shape index (κ3) is 6.77. The summed E-state index contributed by atoms with van der Waals surface area (Å²) in [6.45, 7) is 4.86. The molecular formula is C23H28BrN3O2. The van der Waals surface area contributed by atoms with Crippen molar-refractivity contribution >= 4 is 27.6 Å². The Morgan fingerprint density at radius 3 is 2.28 bits per heavy atom. The molecule has 1 N–H and O–H groups in total. The minimum absolute atomic E-state index is 0.0111. The predicted molar refractivity (Wildman–Crippen MR) is 119 cm³/mol. The third-order valence-corrected chi connectivity index (χ3v) is 5.85. The molecule has 5 nitrogen and oxygen atoms in total. The van der Waals surface area contributed by atoms with E-state index < -0.39 is 0 Å². The summed E-state index contributed by atoms with van der Waals surface area (Å²) in [5.41, 5.74) is 1.73. The van der Waals surface area contributed by atoms with Gasteiger partial charge in [-0.1, -0.05) is 58.4 Å². The first-order valence-electron chi connectivity index (χ1n) is 10.1. The average molecular weight is 458 g/mol. The number of carbonyl (C=O) groups is 2. The molecule has 154 valence electrons. The summed E-state index contributed by atoms with van der Waals surface area (Å²) in [4.78, 5) is 29.7. The molecule has 1 heterocycles. The molecule has 0 spiro atoms. The summed E-state index contributed by atoms with van der Waals surface area (Å²) in [5.74, 6) is -0.0959. The van der Waals surface area contributed by atoms with Gasteiger partial charge in [-0.2, -0.15) is 0 Å². The van der Waals surface area contributed by atoms with Crippen molar-refractivity contribution < 1.29 is 9.59 Å². The number of likely N-dealkylation sites (N-methyl/N-ethyl adjacent to an activating group) is 1. The Morgan fingerprint density at radius 2 is 1.62 bits per heavy atom. The molecule has 1 aliphatic heterocycles. The molecule has 6 heteroatoms. The number of benzene rings is 2. The molecular weight excluding hydrogens is 430 g/mol. The Hall–Kier alpha value is -2.02. The molecule has 1 saturated heterocycles. The van der Waals surface area contributed by atoms with E-state index in [2.05, 4.69) is 38.1 Å². The summed E-state index contributed by atoms with van der Waals surface area (Å²) < 4.78 is 0.932. The van der Waals surface area contributed by atoms with Crippen molar-refractivity contribution in [1.29, 1.82) is 0 Å². The number of Topliss-reactive ketones (excluding diaryl/α,β-unsaturated/α-hetero) is 1. The van der Waals surface area contributed by atoms with Gasteiger partial charge >= 0.3 is 0 Å².